The normalized spacial score (nSPS) is 30.8. The van der Waals surface area contributed by atoms with Crippen LogP contribution in [0.2, 0.25) is 0 Å². The Kier molecular flexibility index (Phi) is 2.58. The third kappa shape index (κ3) is 1.76. The van der Waals surface area contributed by atoms with Crippen molar-refractivity contribution in [3.8, 4) is 0 Å². The Balaban J connectivity index is 1.94. The van der Waals surface area contributed by atoms with Gasteiger partial charge in [0.05, 0.1) is 24.4 Å². The van der Waals surface area contributed by atoms with E-state index in [2.05, 4.69) is 27.0 Å². The summed E-state index contributed by atoms with van der Waals surface area (Å²) >= 11 is 3.31. The Bertz CT molecular complexity index is 221. The maximum absolute atomic E-state index is 5.37. The molecule has 0 N–H and O–H groups in total. The maximum atomic E-state index is 5.37. The monoisotopic (exact) mass is 231 g/mol. The van der Waals surface area contributed by atoms with Crippen LogP contribution in [0.5, 0.6) is 0 Å². The Morgan fingerprint density at radius 3 is 2.75 bits per heavy atom. The maximum Gasteiger partial charge on any atom is 0.165 e. The minimum atomic E-state index is -0.0781. The summed E-state index contributed by atoms with van der Waals surface area (Å²) in [4.78, 5) is 4.24. The van der Waals surface area contributed by atoms with Gasteiger partial charge < -0.3 is 9.47 Å². The van der Waals surface area contributed by atoms with E-state index in [0.29, 0.717) is 13.2 Å². The molecule has 0 bridgehead atoms. The molecule has 0 spiro atoms. The van der Waals surface area contributed by atoms with Gasteiger partial charge in [-0.1, -0.05) is 6.08 Å². The van der Waals surface area contributed by atoms with E-state index in [1.165, 1.54) is 0 Å². The van der Waals surface area contributed by atoms with E-state index in [1.807, 2.05) is 6.08 Å². The molecule has 0 aromatic heterocycles. The van der Waals surface area contributed by atoms with Crippen molar-refractivity contribution in [2.45, 2.75) is 6.29 Å². The van der Waals surface area contributed by atoms with Crippen molar-refractivity contribution in [3.63, 3.8) is 0 Å². The van der Waals surface area contributed by atoms with Crippen LogP contribution in [0.4, 0.5) is 0 Å². The second kappa shape index (κ2) is 3.68. The number of hydrogen-bond acceptors (Lipinski definition) is 3. The van der Waals surface area contributed by atoms with Crippen molar-refractivity contribution in [2.75, 3.05) is 19.8 Å². The highest BCUT2D eigenvalue weighted by atomic mass is 79.9. The lowest BCUT2D eigenvalue weighted by atomic mass is 10.1. The van der Waals surface area contributed by atoms with E-state index in [0.717, 1.165) is 11.2 Å². The molecule has 2 aliphatic rings. The predicted octanol–water partition coefficient (Wildman–Crippen LogP) is 1.34. The average Bonchev–Trinajstić information content (AvgIpc) is 2.58. The van der Waals surface area contributed by atoms with E-state index in [1.54, 1.807) is 0 Å². The van der Waals surface area contributed by atoms with Gasteiger partial charge in [0.25, 0.3) is 0 Å². The highest BCUT2D eigenvalue weighted by molar-refractivity contribution is 9.18. The quantitative estimate of drug-likeness (QED) is 0.683. The molecule has 1 unspecified atom stereocenters. The fourth-order valence-electron chi connectivity index (χ4n) is 1.31. The van der Waals surface area contributed by atoms with Gasteiger partial charge in [-0.25, -0.2) is 0 Å². The summed E-state index contributed by atoms with van der Waals surface area (Å²) in [6.07, 6.45) is 3.94. The van der Waals surface area contributed by atoms with Gasteiger partial charge in [-0.2, -0.15) is 0 Å². The first-order chi connectivity index (χ1) is 5.86. The minimum absolute atomic E-state index is 0.0781. The molecule has 4 heteroatoms. The van der Waals surface area contributed by atoms with Gasteiger partial charge in [-0.3, -0.25) is 4.99 Å². The van der Waals surface area contributed by atoms with Gasteiger partial charge >= 0.3 is 0 Å². The summed E-state index contributed by atoms with van der Waals surface area (Å²) < 4.78 is 11.6. The van der Waals surface area contributed by atoms with Crippen LogP contribution in [0.15, 0.2) is 17.1 Å². The smallest absolute Gasteiger partial charge is 0.165 e. The summed E-state index contributed by atoms with van der Waals surface area (Å²) in [6.45, 7) is 2.17. The van der Waals surface area contributed by atoms with Gasteiger partial charge in [0.1, 0.15) is 0 Å². The van der Waals surface area contributed by atoms with Crippen LogP contribution >= 0.6 is 15.9 Å². The van der Waals surface area contributed by atoms with Crippen LogP contribution in [0.25, 0.3) is 0 Å². The molecule has 0 amide bonds. The highest BCUT2D eigenvalue weighted by Crippen LogP contribution is 2.19. The molecule has 2 rings (SSSR count). The number of hydrogen-bond donors (Lipinski definition) is 0. The van der Waals surface area contributed by atoms with Crippen LogP contribution in [-0.2, 0) is 9.47 Å². The van der Waals surface area contributed by atoms with Crippen molar-refractivity contribution in [2.24, 2.45) is 10.9 Å². The zero-order valence-corrected chi connectivity index (χ0v) is 8.16. The third-order valence-electron chi connectivity index (χ3n) is 1.93. The number of dihydropyridines is 1. The molecule has 0 aliphatic carbocycles. The Morgan fingerprint density at radius 2 is 2.17 bits per heavy atom. The largest absolute Gasteiger partial charge is 0.350 e. The molecule has 0 radical (unpaired) electrons. The topological polar surface area (TPSA) is 30.8 Å². The minimum Gasteiger partial charge on any atom is -0.350 e. The number of rotatable bonds is 1. The Hall–Kier alpha value is -0.190. The second-order valence-electron chi connectivity index (χ2n) is 2.80. The molecular weight excluding hydrogens is 222 g/mol. The van der Waals surface area contributed by atoms with E-state index in [9.17, 15) is 0 Å². The third-order valence-corrected chi connectivity index (χ3v) is 2.45. The lowest BCUT2D eigenvalue weighted by molar-refractivity contribution is -0.0679. The number of halogens is 1. The number of aliphatic imine (C=N–C) groups is 1. The van der Waals surface area contributed by atoms with E-state index in [4.69, 9.17) is 9.47 Å². The summed E-state index contributed by atoms with van der Waals surface area (Å²) in [5.41, 5.74) is 0. The van der Waals surface area contributed by atoms with Gasteiger partial charge in [0, 0.05) is 5.92 Å². The molecule has 3 nitrogen and oxygen atoms in total. The lowest BCUT2D eigenvalue weighted by Crippen LogP contribution is -2.24. The first kappa shape index (κ1) is 8.41. The Morgan fingerprint density at radius 1 is 1.42 bits per heavy atom. The molecule has 2 heterocycles. The van der Waals surface area contributed by atoms with Crippen LogP contribution in [0.1, 0.15) is 0 Å². The molecule has 2 aliphatic heterocycles. The summed E-state index contributed by atoms with van der Waals surface area (Å²) in [7, 11) is 0. The molecule has 12 heavy (non-hydrogen) atoms. The van der Waals surface area contributed by atoms with Crippen molar-refractivity contribution in [3.05, 3.63) is 12.2 Å². The van der Waals surface area contributed by atoms with Crippen LogP contribution in [-0.4, -0.2) is 30.7 Å². The zero-order valence-electron chi connectivity index (χ0n) is 6.57. The fourth-order valence-corrected chi connectivity index (χ4v) is 1.61. The fraction of sp³-hybridized carbons (Fsp3) is 0.625. The van der Waals surface area contributed by atoms with Gasteiger partial charge in [-0.05, 0) is 22.0 Å². The van der Waals surface area contributed by atoms with Crippen molar-refractivity contribution >= 4 is 20.6 Å². The Labute approximate surface area is 79.6 Å². The average molecular weight is 232 g/mol. The van der Waals surface area contributed by atoms with Crippen LogP contribution in [0, 0.1) is 5.92 Å². The molecule has 66 valence electrons. The molecule has 0 aromatic rings. The molecular formula is C8H10BrNO2. The second-order valence-corrected chi connectivity index (χ2v) is 3.61. The first-order valence-electron chi connectivity index (χ1n) is 3.97. The SMILES string of the molecule is BrC1=NCC(C2OCCO2)C=C1. The molecule has 0 aromatic carbocycles. The van der Waals surface area contributed by atoms with Gasteiger partial charge in [0.15, 0.2) is 6.29 Å². The first-order valence-corrected chi connectivity index (χ1v) is 4.77. The van der Waals surface area contributed by atoms with Gasteiger partial charge in [0.2, 0.25) is 0 Å². The summed E-state index contributed by atoms with van der Waals surface area (Å²) in [5.74, 6) is 0.286. The number of allylic oxidation sites excluding steroid dienone is 1. The van der Waals surface area contributed by atoms with Crippen molar-refractivity contribution < 1.29 is 9.47 Å². The van der Waals surface area contributed by atoms with Crippen molar-refractivity contribution in [1.82, 2.24) is 0 Å². The summed E-state index contributed by atoms with van der Waals surface area (Å²) in [5, 5.41) is 0. The molecule has 0 saturated carbocycles. The summed E-state index contributed by atoms with van der Waals surface area (Å²) in [6, 6.07) is 0. The number of nitrogens with zero attached hydrogens (tertiary/aromatic N) is 1. The highest BCUT2D eigenvalue weighted by Gasteiger charge is 2.25. The molecule has 1 atom stereocenters. The van der Waals surface area contributed by atoms with Crippen LogP contribution < -0.4 is 0 Å². The van der Waals surface area contributed by atoms with E-state index < -0.39 is 0 Å². The standard InChI is InChI=1S/C8H10BrNO2/c9-7-2-1-6(5-10-7)8-11-3-4-12-8/h1-2,6,8H,3-5H2. The predicted molar refractivity (Wildman–Crippen MR) is 49.6 cm³/mol. The van der Waals surface area contributed by atoms with E-state index >= 15 is 0 Å². The zero-order chi connectivity index (χ0) is 8.39. The molecule has 1 fully saturated rings. The van der Waals surface area contributed by atoms with E-state index in [-0.39, 0.29) is 12.2 Å². The van der Waals surface area contributed by atoms with Crippen LogP contribution in [0.3, 0.4) is 0 Å². The van der Waals surface area contributed by atoms with Gasteiger partial charge in [-0.15, -0.1) is 0 Å². The number of ether oxygens (including phenoxy) is 2. The molecule has 1 saturated heterocycles. The lowest BCUT2D eigenvalue weighted by Gasteiger charge is -2.18. The van der Waals surface area contributed by atoms with Crippen molar-refractivity contribution in [1.29, 1.82) is 0 Å².